The first-order chi connectivity index (χ1) is 8.25. The minimum absolute atomic E-state index is 0.363. The van der Waals surface area contributed by atoms with Gasteiger partial charge in [0.1, 0.15) is 0 Å². The van der Waals surface area contributed by atoms with Crippen LogP contribution >= 0.6 is 0 Å². The van der Waals surface area contributed by atoms with Crippen LogP contribution in [0.25, 0.3) is 0 Å². The van der Waals surface area contributed by atoms with Gasteiger partial charge in [-0.05, 0) is 35.9 Å². The lowest BCUT2D eigenvalue weighted by Gasteiger charge is -1.99. The van der Waals surface area contributed by atoms with Gasteiger partial charge in [0.25, 0.3) is 0 Å². The number of nitrogens with zero attached hydrogens (tertiary/aromatic N) is 1. The van der Waals surface area contributed by atoms with E-state index in [2.05, 4.69) is 10.5 Å². The van der Waals surface area contributed by atoms with Gasteiger partial charge >= 0.3 is 0 Å². The largest absolute Gasteiger partial charge is 0.505 e. The summed E-state index contributed by atoms with van der Waals surface area (Å²) >= 11 is 0. The van der Waals surface area contributed by atoms with Gasteiger partial charge < -0.3 is 5.11 Å². The van der Waals surface area contributed by atoms with Gasteiger partial charge in [-0.15, -0.1) is 0 Å². The summed E-state index contributed by atoms with van der Waals surface area (Å²) in [6, 6.07) is 13.5. The van der Waals surface area contributed by atoms with Crippen molar-refractivity contribution in [2.24, 2.45) is 5.10 Å². The highest BCUT2D eigenvalue weighted by molar-refractivity contribution is 5.80. The lowest BCUT2D eigenvalue weighted by Crippen LogP contribution is -1.90. The number of aromatic hydroxyl groups is 1. The zero-order valence-corrected chi connectivity index (χ0v) is 8.97. The summed E-state index contributed by atoms with van der Waals surface area (Å²) in [6.45, 7) is 0. The maximum Gasteiger partial charge on any atom is 0.165 e. The van der Waals surface area contributed by atoms with Crippen LogP contribution in [-0.2, 0) is 0 Å². The first-order valence-corrected chi connectivity index (χ1v) is 5.08. The molecule has 0 aliphatic carbocycles. The van der Waals surface area contributed by atoms with Crippen LogP contribution in [0.15, 0.2) is 53.6 Å². The van der Waals surface area contributed by atoms with E-state index in [-0.39, 0.29) is 5.75 Å². The number of nitrogens with one attached hydrogen (secondary N) is 1. The van der Waals surface area contributed by atoms with Gasteiger partial charge in [0.05, 0.1) is 11.9 Å². The molecule has 0 spiro atoms. The number of phenolic OH excluding ortho intramolecular Hbond substituents is 1. The Morgan fingerprint density at radius 1 is 1.12 bits per heavy atom. The van der Waals surface area contributed by atoms with E-state index < -0.39 is 5.82 Å². The summed E-state index contributed by atoms with van der Waals surface area (Å²) in [4.78, 5) is 0. The summed E-state index contributed by atoms with van der Waals surface area (Å²) in [5.41, 5.74) is 4.23. The number of benzene rings is 2. The molecule has 0 amide bonds. The second-order valence-corrected chi connectivity index (χ2v) is 3.45. The average Bonchev–Trinajstić information content (AvgIpc) is 2.35. The van der Waals surface area contributed by atoms with Gasteiger partial charge in [-0.2, -0.15) is 5.10 Å². The fourth-order valence-electron chi connectivity index (χ4n) is 1.30. The van der Waals surface area contributed by atoms with E-state index in [1.165, 1.54) is 18.3 Å². The van der Waals surface area contributed by atoms with Crippen molar-refractivity contribution in [3.8, 4) is 5.75 Å². The van der Waals surface area contributed by atoms with Crippen LogP contribution < -0.4 is 5.43 Å². The van der Waals surface area contributed by atoms with Crippen molar-refractivity contribution in [2.75, 3.05) is 5.43 Å². The van der Waals surface area contributed by atoms with Gasteiger partial charge in [-0.3, -0.25) is 5.43 Å². The molecular weight excluding hydrogens is 219 g/mol. The number of hydrogen-bond acceptors (Lipinski definition) is 3. The Morgan fingerprint density at radius 2 is 1.88 bits per heavy atom. The highest BCUT2D eigenvalue weighted by Gasteiger charge is 1.99. The Labute approximate surface area is 98.2 Å². The molecule has 0 atom stereocenters. The summed E-state index contributed by atoms with van der Waals surface area (Å²) in [6.07, 6.45) is 1.48. The van der Waals surface area contributed by atoms with Crippen molar-refractivity contribution in [3.63, 3.8) is 0 Å². The van der Waals surface area contributed by atoms with Gasteiger partial charge in [0.15, 0.2) is 11.6 Å². The van der Waals surface area contributed by atoms with E-state index in [1.807, 2.05) is 30.3 Å². The van der Waals surface area contributed by atoms with Crippen LogP contribution in [0.1, 0.15) is 5.56 Å². The van der Waals surface area contributed by atoms with Crippen molar-refractivity contribution < 1.29 is 9.50 Å². The predicted molar refractivity (Wildman–Crippen MR) is 65.7 cm³/mol. The number of hydrazone groups is 1. The van der Waals surface area contributed by atoms with Crippen molar-refractivity contribution >= 4 is 11.9 Å². The third-order valence-electron chi connectivity index (χ3n) is 2.15. The number of rotatable bonds is 3. The topological polar surface area (TPSA) is 44.6 Å². The van der Waals surface area contributed by atoms with E-state index in [0.717, 1.165) is 5.69 Å². The standard InChI is InChI=1S/C13H11FN2O/c14-12-8-10(6-7-13(12)17)9-15-16-11-4-2-1-3-5-11/h1-9,16-17H. The predicted octanol–water partition coefficient (Wildman–Crippen LogP) is 2.98. The maximum absolute atomic E-state index is 13.0. The number of para-hydroxylation sites is 1. The summed E-state index contributed by atoms with van der Waals surface area (Å²) in [7, 11) is 0. The molecule has 2 aromatic rings. The molecule has 0 saturated heterocycles. The zero-order chi connectivity index (χ0) is 12.1. The highest BCUT2D eigenvalue weighted by atomic mass is 19.1. The van der Waals surface area contributed by atoms with Crippen molar-refractivity contribution in [2.45, 2.75) is 0 Å². The van der Waals surface area contributed by atoms with Crippen molar-refractivity contribution in [1.29, 1.82) is 0 Å². The second kappa shape index (κ2) is 5.12. The minimum Gasteiger partial charge on any atom is -0.505 e. The normalized spacial score (nSPS) is 10.6. The van der Waals surface area contributed by atoms with E-state index >= 15 is 0 Å². The fraction of sp³-hybridized carbons (Fsp3) is 0. The molecule has 0 fully saturated rings. The molecule has 0 unspecified atom stereocenters. The summed E-state index contributed by atoms with van der Waals surface area (Å²) < 4.78 is 13.0. The van der Waals surface area contributed by atoms with Crippen molar-refractivity contribution in [3.05, 3.63) is 59.9 Å². The highest BCUT2D eigenvalue weighted by Crippen LogP contribution is 2.15. The third kappa shape index (κ3) is 3.04. The fourth-order valence-corrected chi connectivity index (χ4v) is 1.30. The smallest absolute Gasteiger partial charge is 0.165 e. The zero-order valence-electron chi connectivity index (χ0n) is 8.97. The lowest BCUT2D eigenvalue weighted by atomic mass is 10.2. The summed E-state index contributed by atoms with van der Waals surface area (Å²) in [5, 5.41) is 13.0. The Hall–Kier alpha value is -2.36. The Balaban J connectivity index is 2.03. The first kappa shape index (κ1) is 11.1. The molecule has 0 saturated carbocycles. The Bertz CT molecular complexity index is 526. The SMILES string of the molecule is Oc1ccc(C=NNc2ccccc2)cc1F. The molecule has 4 heteroatoms. The Kier molecular flexibility index (Phi) is 3.35. The third-order valence-corrected chi connectivity index (χ3v) is 2.15. The monoisotopic (exact) mass is 230 g/mol. The number of anilines is 1. The molecule has 0 radical (unpaired) electrons. The quantitative estimate of drug-likeness (QED) is 0.629. The van der Waals surface area contributed by atoms with Crippen LogP contribution in [0.2, 0.25) is 0 Å². The molecular formula is C13H11FN2O. The van der Waals surface area contributed by atoms with Gasteiger partial charge in [0.2, 0.25) is 0 Å². The van der Waals surface area contributed by atoms with Crippen molar-refractivity contribution in [1.82, 2.24) is 0 Å². The number of hydrogen-bond donors (Lipinski definition) is 2. The molecule has 0 aromatic heterocycles. The van der Waals surface area contributed by atoms with Crippen LogP contribution in [-0.4, -0.2) is 11.3 Å². The molecule has 2 N–H and O–H groups in total. The molecule has 86 valence electrons. The maximum atomic E-state index is 13.0. The van der Waals surface area contributed by atoms with E-state index in [0.29, 0.717) is 5.56 Å². The number of phenols is 1. The Morgan fingerprint density at radius 3 is 2.59 bits per heavy atom. The van der Waals surface area contributed by atoms with Gasteiger partial charge in [0, 0.05) is 0 Å². The molecule has 0 bridgehead atoms. The van der Waals surface area contributed by atoms with Gasteiger partial charge in [-0.25, -0.2) is 4.39 Å². The molecule has 3 nitrogen and oxygen atoms in total. The summed E-state index contributed by atoms with van der Waals surface area (Å²) in [5.74, 6) is -1.02. The molecule has 2 rings (SSSR count). The number of halogens is 1. The average molecular weight is 230 g/mol. The van der Waals surface area contributed by atoms with Crippen LogP contribution in [0.5, 0.6) is 5.75 Å². The second-order valence-electron chi connectivity index (χ2n) is 3.45. The van der Waals surface area contributed by atoms with Crippen LogP contribution in [0.3, 0.4) is 0 Å². The van der Waals surface area contributed by atoms with Crippen LogP contribution in [0, 0.1) is 5.82 Å². The first-order valence-electron chi connectivity index (χ1n) is 5.08. The van der Waals surface area contributed by atoms with Gasteiger partial charge in [-0.1, -0.05) is 18.2 Å². The van der Waals surface area contributed by atoms with Crippen LogP contribution in [0.4, 0.5) is 10.1 Å². The molecule has 17 heavy (non-hydrogen) atoms. The van der Waals surface area contributed by atoms with E-state index in [1.54, 1.807) is 6.07 Å². The van der Waals surface area contributed by atoms with E-state index in [9.17, 15) is 4.39 Å². The molecule has 0 aliphatic heterocycles. The molecule has 0 aliphatic rings. The van der Waals surface area contributed by atoms with E-state index in [4.69, 9.17) is 5.11 Å². The molecule has 2 aromatic carbocycles. The minimum atomic E-state index is -0.659. The molecule has 0 heterocycles. The lowest BCUT2D eigenvalue weighted by molar-refractivity contribution is 0.432.